The number of benzene rings is 4. The highest BCUT2D eigenvalue weighted by atomic mass is 35.5. The topological polar surface area (TPSA) is 330 Å². The molecule has 0 radical (unpaired) electrons. The summed E-state index contributed by atoms with van der Waals surface area (Å²) in [5, 5.41) is 22.1. The number of carbonyl (C=O) groups excluding carboxylic acids is 8. The predicted octanol–water partition coefficient (Wildman–Crippen LogP) is 6.52. The summed E-state index contributed by atoms with van der Waals surface area (Å²) in [6.07, 6.45) is -2.02. The van der Waals surface area contributed by atoms with Crippen molar-refractivity contribution in [1.82, 2.24) is 30.7 Å². The van der Waals surface area contributed by atoms with Gasteiger partial charge in [0, 0.05) is 94.5 Å². The molecule has 5 aromatic rings. The van der Waals surface area contributed by atoms with E-state index in [-0.39, 0.29) is 107 Å². The van der Waals surface area contributed by atoms with Crippen molar-refractivity contribution in [1.29, 1.82) is 0 Å². The Morgan fingerprint density at radius 2 is 1.51 bits per heavy atom. The number of urea groups is 1. The van der Waals surface area contributed by atoms with Crippen molar-refractivity contribution in [2.24, 2.45) is 11.7 Å². The number of esters is 1. The van der Waals surface area contributed by atoms with Crippen molar-refractivity contribution in [3.05, 3.63) is 83.6 Å². The zero-order valence-electron chi connectivity index (χ0n) is 51.0. The summed E-state index contributed by atoms with van der Waals surface area (Å²) in [5.41, 5.74) is 8.32. The summed E-state index contributed by atoms with van der Waals surface area (Å²) in [6, 6.07) is 16.0. The minimum atomic E-state index is -1.12. The van der Waals surface area contributed by atoms with E-state index < -0.39 is 72.3 Å². The molecule has 26 nitrogen and oxygen atoms in total. The number of ether oxygens (including phenoxy) is 8. The summed E-state index contributed by atoms with van der Waals surface area (Å²) < 4.78 is 44.3. The van der Waals surface area contributed by atoms with Crippen LogP contribution in [0, 0.1) is 5.92 Å². The number of nitrogens with two attached hydrogens (primary N) is 1. The van der Waals surface area contributed by atoms with E-state index in [0.29, 0.717) is 56.9 Å². The van der Waals surface area contributed by atoms with E-state index >= 15 is 0 Å². The van der Waals surface area contributed by atoms with Crippen LogP contribution in [0.3, 0.4) is 0 Å². The second-order valence-corrected chi connectivity index (χ2v) is 21.5. The Labute approximate surface area is 515 Å². The van der Waals surface area contributed by atoms with Crippen molar-refractivity contribution < 1.29 is 81.4 Å². The van der Waals surface area contributed by atoms with Crippen LogP contribution in [0.5, 0.6) is 23.0 Å². The first-order chi connectivity index (χ1) is 42.2. The second kappa shape index (κ2) is 33.0. The smallest absolute Gasteiger partial charge is 0.415 e. The van der Waals surface area contributed by atoms with Gasteiger partial charge in [-0.15, -0.1) is 11.6 Å². The molecule has 0 saturated heterocycles. The fraction of sp³-hybridized carbons (Fsp3) is 0.475. The van der Waals surface area contributed by atoms with Gasteiger partial charge in [0.15, 0.2) is 17.8 Å². The Morgan fingerprint density at radius 1 is 0.818 bits per heavy atom. The number of amides is 8. The molecule has 88 heavy (non-hydrogen) atoms. The van der Waals surface area contributed by atoms with Gasteiger partial charge in [0.1, 0.15) is 36.7 Å². The number of hydrogen-bond acceptors (Lipinski definition) is 17. The highest BCUT2D eigenvalue weighted by Crippen LogP contribution is 2.47. The number of aliphatic hydroxyl groups is 1. The third-order valence-corrected chi connectivity index (χ3v) is 15.1. The van der Waals surface area contributed by atoms with E-state index in [1.807, 2.05) is 31.2 Å². The van der Waals surface area contributed by atoms with Crippen LogP contribution in [0.2, 0.25) is 0 Å². The molecule has 8 N–H and O–H groups in total. The first kappa shape index (κ1) is 68.5. The number of hydrogen-bond donors (Lipinski definition) is 7. The minimum Gasteiger partial charge on any atom is -0.493 e. The molecular formula is C61H80ClN9O17. The number of alkyl halides is 1. The van der Waals surface area contributed by atoms with Crippen molar-refractivity contribution >= 4 is 92.5 Å². The Kier molecular flexibility index (Phi) is 25.7. The van der Waals surface area contributed by atoms with Gasteiger partial charge in [0.25, 0.3) is 5.91 Å². The van der Waals surface area contributed by atoms with Crippen LogP contribution < -0.4 is 50.8 Å². The number of H-pyrrole nitrogens is 1. The van der Waals surface area contributed by atoms with Gasteiger partial charge in [-0.2, -0.15) is 0 Å². The highest BCUT2D eigenvalue weighted by Gasteiger charge is 2.37. The number of rotatable bonds is 32. The lowest BCUT2D eigenvalue weighted by Crippen LogP contribution is -2.54. The van der Waals surface area contributed by atoms with E-state index in [9.17, 15) is 43.5 Å². The lowest BCUT2D eigenvalue weighted by molar-refractivity contribution is -0.194. The summed E-state index contributed by atoms with van der Waals surface area (Å²) in [4.78, 5) is 113. The van der Waals surface area contributed by atoms with Gasteiger partial charge in [-0.05, 0) is 72.4 Å². The van der Waals surface area contributed by atoms with Gasteiger partial charge in [-0.25, -0.2) is 14.4 Å². The second-order valence-electron chi connectivity index (χ2n) is 21.2. The first-order valence-corrected chi connectivity index (χ1v) is 29.3. The summed E-state index contributed by atoms with van der Waals surface area (Å²) in [7, 11) is 8.92. The maximum atomic E-state index is 14.5. The number of methoxy groups -OCH3 is 4. The number of primary amides is 1. The standard InChI is InChI=1S/C61H80ClN9O17/c1-10-40(32-72)87-50(82-7)34-85-49(74)19-13-18-48(73)68-52(35(2)3)57(76)67-43(17-14-24-64-59(63)78)56(75)65-39-22-20-36(21-23-39)33-86-60(79)69(4)25-26-70(5)61(80)88-46-29-45-51(42-16-12-11-15-41(42)46)38(30-62)31-71(45)58(77)44-27-37-28-47(81-6)54(83-8)55(84-9)53(37)66-44/h11-12,15-16,20-23,27-29,35,38,40,43,50,52,66,72H,10,13-14,17-19,24-26,30-34H2,1-9H3,(H,65,75)(H,67,76)(H,68,73)(H3,63,64,78)/t38-,40?,43+,50?,52+/m0/s1. The van der Waals surface area contributed by atoms with Crippen molar-refractivity contribution in [2.75, 3.05) is 98.0 Å². The fourth-order valence-electron chi connectivity index (χ4n) is 9.74. The number of aliphatic hydroxyl groups excluding tert-OH is 1. The van der Waals surface area contributed by atoms with Crippen LogP contribution in [0.15, 0.2) is 66.7 Å². The SMILES string of the molecule is CCC(CO)OC(COC(=O)CCCC(=O)N[C@@H](C(=O)N[C@H](CCCNC(N)=O)C(=O)Nc1ccc(COC(=O)N(C)CCN(C)C(=O)Oc2cc3c(c4ccccc24)[C@@H](CCl)CN3C(=O)c2cc3cc(OC)c(OC)c(OC)c3[nH]2)cc1)C(C)C)OC. The number of carbonyl (C=O) groups is 8. The average molecular weight is 1250 g/mol. The lowest BCUT2D eigenvalue weighted by Gasteiger charge is -2.25. The molecule has 2 unspecified atom stereocenters. The first-order valence-electron chi connectivity index (χ1n) is 28.7. The summed E-state index contributed by atoms with van der Waals surface area (Å²) in [6.45, 7) is 5.17. The third kappa shape index (κ3) is 18.0. The molecule has 0 aliphatic carbocycles. The van der Waals surface area contributed by atoms with Crippen LogP contribution in [0.4, 0.5) is 25.8 Å². The quantitative estimate of drug-likeness (QED) is 0.0104. The van der Waals surface area contributed by atoms with Crippen LogP contribution >= 0.6 is 11.6 Å². The molecule has 0 bridgehead atoms. The zero-order valence-corrected chi connectivity index (χ0v) is 51.7. The molecule has 0 fully saturated rings. The number of anilines is 2. The molecule has 8 amide bonds. The summed E-state index contributed by atoms with van der Waals surface area (Å²) >= 11 is 6.57. The zero-order chi connectivity index (χ0) is 64.2. The molecule has 2 heterocycles. The van der Waals surface area contributed by atoms with Gasteiger partial charge in [0.05, 0.1) is 45.2 Å². The van der Waals surface area contributed by atoms with E-state index in [0.717, 1.165) is 10.9 Å². The molecule has 1 aliphatic rings. The molecule has 0 saturated carbocycles. The van der Waals surface area contributed by atoms with Crippen molar-refractivity contribution in [3.8, 4) is 23.0 Å². The van der Waals surface area contributed by atoms with Gasteiger partial charge in [-0.3, -0.25) is 24.0 Å². The minimum absolute atomic E-state index is 0.0527. The number of nitrogens with zero attached hydrogens (tertiary/aromatic N) is 3. The Hall–Kier alpha value is -8.59. The Morgan fingerprint density at radius 3 is 2.14 bits per heavy atom. The Balaban J connectivity index is 1.01. The molecule has 6 rings (SSSR count). The predicted molar refractivity (Wildman–Crippen MR) is 327 cm³/mol. The number of halogens is 1. The molecule has 0 spiro atoms. The van der Waals surface area contributed by atoms with Crippen LogP contribution in [0.25, 0.3) is 21.7 Å². The largest absolute Gasteiger partial charge is 0.493 e. The number of likely N-dealkylation sites (N-methyl/N-ethyl adjacent to an activating group) is 2. The van der Waals surface area contributed by atoms with E-state index in [1.165, 1.54) is 52.3 Å². The van der Waals surface area contributed by atoms with E-state index in [1.54, 1.807) is 61.2 Å². The van der Waals surface area contributed by atoms with Gasteiger partial charge in [-0.1, -0.05) is 57.2 Å². The maximum Gasteiger partial charge on any atom is 0.415 e. The lowest BCUT2D eigenvalue weighted by atomic mass is 9.95. The van der Waals surface area contributed by atoms with Gasteiger partial charge < -0.3 is 89.7 Å². The van der Waals surface area contributed by atoms with E-state index in [2.05, 4.69) is 26.3 Å². The van der Waals surface area contributed by atoms with Crippen LogP contribution in [-0.2, 0) is 44.7 Å². The molecule has 5 atom stereocenters. The van der Waals surface area contributed by atoms with Gasteiger partial charge in [0.2, 0.25) is 23.5 Å². The molecule has 27 heteroatoms. The van der Waals surface area contributed by atoms with Crippen molar-refractivity contribution in [3.63, 3.8) is 0 Å². The third-order valence-electron chi connectivity index (χ3n) is 14.7. The number of aromatic amines is 1. The van der Waals surface area contributed by atoms with Gasteiger partial charge >= 0.3 is 24.2 Å². The molecule has 4 aromatic carbocycles. The van der Waals surface area contributed by atoms with E-state index in [4.69, 9.17) is 55.2 Å². The molecule has 1 aliphatic heterocycles. The fourth-order valence-corrected chi connectivity index (χ4v) is 10.00. The monoisotopic (exact) mass is 1250 g/mol. The number of fused-ring (bicyclic) bond motifs is 4. The Bertz CT molecular complexity index is 3250. The maximum absolute atomic E-state index is 14.5. The average Bonchev–Trinajstić information content (AvgIpc) is 1.87. The van der Waals surface area contributed by atoms with Crippen LogP contribution in [-0.4, -0.2) is 180 Å². The number of aromatic nitrogens is 1. The highest BCUT2D eigenvalue weighted by molar-refractivity contribution is 6.19. The number of nitrogens with one attached hydrogen (secondary N) is 5. The molecule has 1 aromatic heterocycles. The molecule has 478 valence electrons. The summed E-state index contributed by atoms with van der Waals surface area (Å²) in [5.74, 6) is -1.76. The van der Waals surface area contributed by atoms with Crippen LogP contribution in [0.1, 0.15) is 86.8 Å². The van der Waals surface area contributed by atoms with Crippen molar-refractivity contribution in [2.45, 2.75) is 96.3 Å². The normalized spacial score (nSPS) is 14.0. The molecular weight excluding hydrogens is 1170 g/mol.